The lowest BCUT2D eigenvalue weighted by Gasteiger charge is -2.12. The van der Waals surface area contributed by atoms with E-state index in [0.29, 0.717) is 16.3 Å². The van der Waals surface area contributed by atoms with Crippen molar-refractivity contribution in [3.8, 4) is 0 Å². The highest BCUT2D eigenvalue weighted by Crippen LogP contribution is 2.29. The van der Waals surface area contributed by atoms with Crippen molar-refractivity contribution < 1.29 is 8.42 Å². The number of nitrogens with two attached hydrogens (primary N) is 1. The summed E-state index contributed by atoms with van der Waals surface area (Å²) in [6, 6.07) is 9.76. The molecule has 0 atom stereocenters. The highest BCUT2D eigenvalue weighted by molar-refractivity contribution is 7.92. The Kier molecular flexibility index (Phi) is 4.78. The van der Waals surface area contributed by atoms with Crippen LogP contribution in [-0.2, 0) is 16.6 Å². The number of hydrogen-bond acceptors (Lipinski definition) is 3. The Labute approximate surface area is 133 Å². The van der Waals surface area contributed by atoms with E-state index in [2.05, 4.69) is 4.72 Å². The fourth-order valence-corrected chi connectivity index (χ4v) is 3.70. The van der Waals surface area contributed by atoms with Gasteiger partial charge < -0.3 is 5.73 Å². The number of nitrogens with one attached hydrogen (secondary N) is 1. The minimum absolute atomic E-state index is 0.0467. The first-order valence-corrected chi connectivity index (χ1v) is 8.35. The van der Waals surface area contributed by atoms with Crippen LogP contribution < -0.4 is 10.5 Å². The molecule has 21 heavy (non-hydrogen) atoms. The Morgan fingerprint density at radius 2 is 1.71 bits per heavy atom. The van der Waals surface area contributed by atoms with Crippen molar-refractivity contribution in [2.24, 2.45) is 5.73 Å². The predicted molar refractivity (Wildman–Crippen MR) is 86.3 cm³/mol. The molecule has 0 radical (unpaired) electrons. The minimum Gasteiger partial charge on any atom is -0.326 e. The standard InChI is InChI=1S/C14H14Cl2N2O2S/c1-9-2-4-11(5-3-9)18-21(19,20)14-6-10(8-17)12(15)7-13(14)16/h2-7,18H,8,17H2,1H3. The summed E-state index contributed by atoms with van der Waals surface area (Å²) in [7, 11) is -3.80. The summed E-state index contributed by atoms with van der Waals surface area (Å²) in [6.45, 7) is 2.05. The van der Waals surface area contributed by atoms with Gasteiger partial charge in [0.2, 0.25) is 0 Å². The maximum Gasteiger partial charge on any atom is 0.263 e. The zero-order valence-corrected chi connectivity index (χ0v) is 13.6. The van der Waals surface area contributed by atoms with Gasteiger partial charge >= 0.3 is 0 Å². The van der Waals surface area contributed by atoms with Gasteiger partial charge in [0.15, 0.2) is 0 Å². The molecule has 0 fully saturated rings. The Balaban J connectivity index is 2.42. The van der Waals surface area contributed by atoms with Crippen molar-refractivity contribution in [3.05, 3.63) is 57.6 Å². The Bertz CT molecular complexity index is 759. The summed E-state index contributed by atoms with van der Waals surface area (Å²) < 4.78 is 27.3. The number of hydrogen-bond donors (Lipinski definition) is 2. The lowest BCUT2D eigenvalue weighted by molar-refractivity contribution is 0.601. The highest BCUT2D eigenvalue weighted by atomic mass is 35.5. The third kappa shape index (κ3) is 3.68. The van der Waals surface area contributed by atoms with Crippen LogP contribution in [0.3, 0.4) is 0 Å². The van der Waals surface area contributed by atoms with E-state index < -0.39 is 10.0 Å². The third-order valence-corrected chi connectivity index (χ3v) is 5.11. The van der Waals surface area contributed by atoms with Gasteiger partial charge in [0.05, 0.1) is 5.02 Å². The van der Waals surface area contributed by atoms with Crippen LogP contribution in [0.15, 0.2) is 41.3 Å². The number of halogens is 2. The van der Waals surface area contributed by atoms with Crippen LogP contribution in [0.2, 0.25) is 10.0 Å². The maximum atomic E-state index is 12.4. The normalized spacial score (nSPS) is 11.4. The summed E-state index contributed by atoms with van der Waals surface area (Å²) >= 11 is 11.9. The van der Waals surface area contributed by atoms with Crippen molar-refractivity contribution in [2.75, 3.05) is 4.72 Å². The Hall–Kier alpha value is -1.27. The second-order valence-electron chi connectivity index (χ2n) is 4.55. The van der Waals surface area contributed by atoms with Crippen molar-refractivity contribution >= 4 is 38.9 Å². The minimum atomic E-state index is -3.80. The molecule has 0 saturated carbocycles. The maximum absolute atomic E-state index is 12.4. The van der Waals surface area contributed by atoms with E-state index in [0.717, 1.165) is 5.56 Å². The fourth-order valence-electron chi connectivity index (χ4n) is 1.77. The second kappa shape index (κ2) is 6.23. The molecule has 0 aliphatic rings. The predicted octanol–water partition coefficient (Wildman–Crippen LogP) is 3.56. The van der Waals surface area contributed by atoms with Crippen LogP contribution in [0, 0.1) is 6.92 Å². The SMILES string of the molecule is Cc1ccc(NS(=O)(=O)c2cc(CN)c(Cl)cc2Cl)cc1. The van der Waals surface area contributed by atoms with Crippen LogP contribution >= 0.6 is 23.2 Å². The highest BCUT2D eigenvalue weighted by Gasteiger charge is 2.20. The number of benzene rings is 2. The molecule has 2 rings (SSSR count). The van der Waals surface area contributed by atoms with Gasteiger partial charge in [-0.15, -0.1) is 0 Å². The summed E-state index contributed by atoms with van der Waals surface area (Å²) in [5.74, 6) is 0. The first kappa shape index (κ1) is 16.1. The molecule has 0 aliphatic heterocycles. The number of anilines is 1. The molecule has 0 bridgehead atoms. The molecule has 2 aromatic carbocycles. The molecule has 0 amide bonds. The topological polar surface area (TPSA) is 72.2 Å². The number of rotatable bonds is 4. The zero-order valence-electron chi connectivity index (χ0n) is 11.2. The first-order valence-electron chi connectivity index (χ1n) is 6.11. The fraction of sp³-hybridized carbons (Fsp3) is 0.143. The number of aryl methyl sites for hydroxylation is 1. The van der Waals surface area contributed by atoms with Crippen LogP contribution in [0.25, 0.3) is 0 Å². The lowest BCUT2D eigenvalue weighted by Crippen LogP contribution is -2.14. The number of sulfonamides is 1. The Morgan fingerprint density at radius 1 is 1.10 bits per heavy atom. The quantitative estimate of drug-likeness (QED) is 0.890. The molecule has 4 nitrogen and oxygen atoms in total. The molecule has 2 aromatic rings. The monoisotopic (exact) mass is 344 g/mol. The second-order valence-corrected chi connectivity index (χ2v) is 7.01. The molecule has 0 heterocycles. The van der Waals surface area contributed by atoms with Gasteiger partial charge in [-0.05, 0) is 36.8 Å². The van der Waals surface area contributed by atoms with E-state index in [-0.39, 0.29) is 16.5 Å². The van der Waals surface area contributed by atoms with Gasteiger partial charge in [0, 0.05) is 17.3 Å². The Morgan fingerprint density at radius 3 is 2.29 bits per heavy atom. The van der Waals surface area contributed by atoms with E-state index in [1.165, 1.54) is 12.1 Å². The lowest BCUT2D eigenvalue weighted by atomic mass is 10.2. The zero-order chi connectivity index (χ0) is 15.6. The summed E-state index contributed by atoms with van der Waals surface area (Å²) in [6.07, 6.45) is 0. The summed E-state index contributed by atoms with van der Waals surface area (Å²) in [4.78, 5) is -0.0467. The van der Waals surface area contributed by atoms with E-state index in [1.54, 1.807) is 12.1 Å². The molecule has 0 unspecified atom stereocenters. The molecule has 0 aromatic heterocycles. The van der Waals surface area contributed by atoms with Gasteiger partial charge in [-0.1, -0.05) is 40.9 Å². The van der Waals surface area contributed by atoms with Gasteiger partial charge in [-0.25, -0.2) is 8.42 Å². The average Bonchev–Trinajstić information content (AvgIpc) is 2.41. The molecule has 0 saturated heterocycles. The van der Waals surface area contributed by atoms with Gasteiger partial charge in [0.25, 0.3) is 10.0 Å². The molecule has 112 valence electrons. The van der Waals surface area contributed by atoms with Crippen LogP contribution in [-0.4, -0.2) is 8.42 Å². The smallest absolute Gasteiger partial charge is 0.263 e. The van der Waals surface area contributed by atoms with Crippen molar-refractivity contribution in [3.63, 3.8) is 0 Å². The average molecular weight is 345 g/mol. The van der Waals surface area contributed by atoms with Crippen molar-refractivity contribution in [1.29, 1.82) is 0 Å². The van der Waals surface area contributed by atoms with Crippen LogP contribution in [0.4, 0.5) is 5.69 Å². The molecule has 7 heteroatoms. The van der Waals surface area contributed by atoms with Crippen LogP contribution in [0.5, 0.6) is 0 Å². The summed E-state index contributed by atoms with van der Waals surface area (Å²) in [5, 5.41) is 0.397. The third-order valence-electron chi connectivity index (χ3n) is 2.91. The molecule has 0 aliphatic carbocycles. The summed E-state index contributed by atoms with van der Waals surface area (Å²) in [5.41, 5.74) is 7.55. The molecular weight excluding hydrogens is 331 g/mol. The largest absolute Gasteiger partial charge is 0.326 e. The van der Waals surface area contributed by atoms with Gasteiger partial charge in [0.1, 0.15) is 4.90 Å². The van der Waals surface area contributed by atoms with Crippen LogP contribution in [0.1, 0.15) is 11.1 Å². The van der Waals surface area contributed by atoms with Gasteiger partial charge in [-0.2, -0.15) is 0 Å². The van der Waals surface area contributed by atoms with E-state index in [1.807, 2.05) is 19.1 Å². The van der Waals surface area contributed by atoms with Crippen molar-refractivity contribution in [1.82, 2.24) is 0 Å². The molecule has 3 N–H and O–H groups in total. The molecule has 0 spiro atoms. The van der Waals surface area contributed by atoms with Crippen molar-refractivity contribution in [2.45, 2.75) is 18.4 Å². The molecular formula is C14H14Cl2N2O2S. The van der Waals surface area contributed by atoms with E-state index in [9.17, 15) is 8.42 Å². The first-order chi connectivity index (χ1) is 9.83. The van der Waals surface area contributed by atoms with Gasteiger partial charge in [-0.3, -0.25) is 4.72 Å². The van der Waals surface area contributed by atoms with E-state index >= 15 is 0 Å². The van der Waals surface area contributed by atoms with E-state index in [4.69, 9.17) is 28.9 Å².